The molecule has 0 heterocycles. The van der Waals surface area contributed by atoms with Crippen molar-refractivity contribution in [3.8, 4) is 11.5 Å². The molecular weight excluding hydrogens is 380 g/mol. The van der Waals surface area contributed by atoms with Crippen molar-refractivity contribution in [3.63, 3.8) is 0 Å². The van der Waals surface area contributed by atoms with Gasteiger partial charge in [0.2, 0.25) is 0 Å². The summed E-state index contributed by atoms with van der Waals surface area (Å²) in [5.41, 5.74) is 6.04. The predicted molar refractivity (Wildman–Crippen MR) is 127 cm³/mol. The highest BCUT2D eigenvalue weighted by Gasteiger charge is 2.67. The van der Waals surface area contributed by atoms with Crippen LogP contribution in [0.2, 0.25) is 0 Å². The summed E-state index contributed by atoms with van der Waals surface area (Å²) in [4.78, 5) is 0. The molecule has 2 heteroatoms. The van der Waals surface area contributed by atoms with Crippen molar-refractivity contribution in [2.75, 3.05) is 0 Å². The first-order valence-corrected chi connectivity index (χ1v) is 12.3. The summed E-state index contributed by atoms with van der Waals surface area (Å²) in [5, 5.41) is 20.4. The van der Waals surface area contributed by atoms with Gasteiger partial charge in [0.1, 0.15) is 11.5 Å². The molecule has 31 heavy (non-hydrogen) atoms. The molecule has 4 aliphatic carbocycles. The van der Waals surface area contributed by atoms with Gasteiger partial charge in [0.15, 0.2) is 0 Å². The maximum atomic E-state index is 10.2. The highest BCUT2D eigenvalue weighted by molar-refractivity contribution is 5.46. The first-order chi connectivity index (χ1) is 14.7. The summed E-state index contributed by atoms with van der Waals surface area (Å²) in [6, 6.07) is 12.8. The molecular formula is C29H38O2. The average Bonchev–Trinajstić information content (AvgIpc) is 2.71. The number of rotatable bonds is 5. The number of phenolic OH excluding ortho intramolecular Hbond substituents is 2. The fourth-order valence-electron chi connectivity index (χ4n) is 8.82. The zero-order valence-corrected chi connectivity index (χ0v) is 19.7. The van der Waals surface area contributed by atoms with E-state index in [0.717, 1.165) is 11.1 Å². The molecule has 4 bridgehead atoms. The maximum absolute atomic E-state index is 10.2. The first kappa shape index (κ1) is 20.9. The molecule has 0 aromatic heterocycles. The Kier molecular flexibility index (Phi) is 4.57. The monoisotopic (exact) mass is 418 g/mol. The molecule has 0 radical (unpaired) electrons. The number of phenols is 2. The van der Waals surface area contributed by atoms with Crippen molar-refractivity contribution in [2.45, 2.75) is 96.3 Å². The normalized spacial score (nSPS) is 36.1. The third kappa shape index (κ3) is 3.04. The molecule has 4 fully saturated rings. The summed E-state index contributed by atoms with van der Waals surface area (Å²) in [7, 11) is 0. The third-order valence-electron chi connectivity index (χ3n) is 9.43. The van der Waals surface area contributed by atoms with Crippen molar-refractivity contribution in [1.29, 1.82) is 0 Å². The van der Waals surface area contributed by atoms with Crippen LogP contribution in [-0.4, -0.2) is 10.2 Å². The zero-order valence-electron chi connectivity index (χ0n) is 19.7. The van der Waals surface area contributed by atoms with Gasteiger partial charge in [-0.25, -0.2) is 0 Å². The number of benzene rings is 2. The van der Waals surface area contributed by atoms with E-state index in [0.29, 0.717) is 22.3 Å². The van der Waals surface area contributed by atoms with Crippen molar-refractivity contribution < 1.29 is 10.2 Å². The van der Waals surface area contributed by atoms with E-state index in [-0.39, 0.29) is 10.8 Å². The van der Waals surface area contributed by atoms with E-state index in [1.54, 1.807) is 0 Å². The third-order valence-corrected chi connectivity index (χ3v) is 9.43. The Morgan fingerprint density at radius 2 is 1.16 bits per heavy atom. The predicted octanol–water partition coefficient (Wildman–Crippen LogP) is 7.45. The first-order valence-electron chi connectivity index (χ1n) is 12.3. The summed E-state index contributed by atoms with van der Waals surface area (Å²) in [6.07, 6.45) is 11.5. The molecule has 2 aromatic rings. The molecule has 4 aliphatic rings. The van der Waals surface area contributed by atoms with Crippen molar-refractivity contribution in [2.24, 2.45) is 10.8 Å². The molecule has 6 rings (SSSR count). The van der Waals surface area contributed by atoms with Crippen LogP contribution in [0, 0.1) is 24.7 Å². The Balaban J connectivity index is 1.72. The van der Waals surface area contributed by atoms with Crippen LogP contribution < -0.4 is 0 Å². The Labute approximate surface area is 187 Å². The van der Waals surface area contributed by atoms with Crippen LogP contribution >= 0.6 is 0 Å². The lowest BCUT2D eigenvalue weighted by molar-refractivity contribution is -0.146. The molecule has 4 saturated carbocycles. The van der Waals surface area contributed by atoms with Gasteiger partial charge in [-0.15, -0.1) is 0 Å². The van der Waals surface area contributed by atoms with E-state index in [1.807, 2.05) is 26.0 Å². The lowest BCUT2D eigenvalue weighted by Gasteiger charge is -2.71. The number of hydrogen-bond acceptors (Lipinski definition) is 2. The molecule has 0 amide bonds. The van der Waals surface area contributed by atoms with Gasteiger partial charge in [-0.1, -0.05) is 51.0 Å². The van der Waals surface area contributed by atoms with E-state index < -0.39 is 0 Å². The van der Waals surface area contributed by atoms with Gasteiger partial charge in [-0.05, 0) is 115 Å². The zero-order chi connectivity index (χ0) is 22.1. The van der Waals surface area contributed by atoms with Crippen molar-refractivity contribution in [1.82, 2.24) is 0 Å². The van der Waals surface area contributed by atoms with Crippen LogP contribution in [0.1, 0.15) is 93.9 Å². The minimum absolute atomic E-state index is 0.185. The van der Waals surface area contributed by atoms with Gasteiger partial charge in [0, 0.05) is 0 Å². The second-order valence-electron chi connectivity index (χ2n) is 11.7. The summed E-state index contributed by atoms with van der Waals surface area (Å²) >= 11 is 0. The summed E-state index contributed by atoms with van der Waals surface area (Å²) in [5.74, 6) is 0.816. The lowest BCUT2D eigenvalue weighted by Crippen LogP contribution is -2.64. The smallest absolute Gasteiger partial charge is 0.118 e. The van der Waals surface area contributed by atoms with E-state index in [2.05, 4.69) is 38.1 Å². The molecule has 166 valence electrons. The van der Waals surface area contributed by atoms with Crippen LogP contribution in [0.15, 0.2) is 36.4 Å². The Morgan fingerprint density at radius 3 is 1.58 bits per heavy atom. The standard InChI is InChI=1S/C29H38O2/c1-5-11-27-14-26(6-2)15-28(17-27,22-7-9-24(30)20(3)12-22)19-29(16-26,18-27)23-8-10-25(31)21(4)13-23/h7-10,12-13,30-31H,5-6,11,14-19H2,1-4H3. The van der Waals surface area contributed by atoms with E-state index in [9.17, 15) is 10.2 Å². The molecule has 2 unspecified atom stereocenters. The van der Waals surface area contributed by atoms with Crippen LogP contribution in [0.25, 0.3) is 0 Å². The Morgan fingerprint density at radius 1 is 0.677 bits per heavy atom. The minimum Gasteiger partial charge on any atom is -0.508 e. The second-order valence-corrected chi connectivity index (χ2v) is 11.7. The van der Waals surface area contributed by atoms with Crippen LogP contribution in [0.3, 0.4) is 0 Å². The Hall–Kier alpha value is -1.96. The van der Waals surface area contributed by atoms with Gasteiger partial charge in [0.25, 0.3) is 0 Å². The number of hydrogen-bond donors (Lipinski definition) is 2. The van der Waals surface area contributed by atoms with Gasteiger partial charge in [-0.3, -0.25) is 0 Å². The lowest BCUT2D eigenvalue weighted by atomic mass is 9.33. The van der Waals surface area contributed by atoms with E-state index >= 15 is 0 Å². The SMILES string of the molecule is CCCC12CC3(CC)CC(c4ccc(O)c(C)c4)(C1)CC(c1ccc(O)c(C)c1)(C3)C2. The van der Waals surface area contributed by atoms with Gasteiger partial charge in [0.05, 0.1) is 0 Å². The average molecular weight is 419 g/mol. The quantitative estimate of drug-likeness (QED) is 0.529. The van der Waals surface area contributed by atoms with E-state index in [1.165, 1.54) is 68.9 Å². The van der Waals surface area contributed by atoms with Crippen LogP contribution in [-0.2, 0) is 10.8 Å². The minimum atomic E-state index is 0.185. The highest BCUT2D eigenvalue weighted by atomic mass is 16.3. The topological polar surface area (TPSA) is 40.5 Å². The number of aromatic hydroxyl groups is 2. The van der Waals surface area contributed by atoms with Crippen LogP contribution in [0.4, 0.5) is 0 Å². The summed E-state index contributed by atoms with van der Waals surface area (Å²) < 4.78 is 0. The Bertz CT molecular complexity index is 952. The van der Waals surface area contributed by atoms with Crippen LogP contribution in [0.5, 0.6) is 11.5 Å². The van der Waals surface area contributed by atoms with E-state index in [4.69, 9.17) is 0 Å². The molecule has 0 aliphatic heterocycles. The van der Waals surface area contributed by atoms with Gasteiger partial charge >= 0.3 is 0 Å². The van der Waals surface area contributed by atoms with Crippen molar-refractivity contribution >= 4 is 0 Å². The molecule has 2 nitrogen and oxygen atoms in total. The molecule has 2 aromatic carbocycles. The maximum Gasteiger partial charge on any atom is 0.118 e. The van der Waals surface area contributed by atoms with Gasteiger partial charge in [-0.2, -0.15) is 0 Å². The molecule has 0 saturated heterocycles. The van der Waals surface area contributed by atoms with Gasteiger partial charge < -0.3 is 10.2 Å². The second kappa shape index (κ2) is 6.77. The highest BCUT2D eigenvalue weighted by Crippen LogP contribution is 2.76. The molecule has 2 N–H and O–H groups in total. The number of aryl methyl sites for hydroxylation is 2. The molecule has 2 atom stereocenters. The summed E-state index contributed by atoms with van der Waals surface area (Å²) in [6.45, 7) is 8.84. The fourth-order valence-corrected chi connectivity index (χ4v) is 8.82. The fraction of sp³-hybridized carbons (Fsp3) is 0.586. The molecule has 0 spiro atoms. The van der Waals surface area contributed by atoms with Crippen molar-refractivity contribution in [3.05, 3.63) is 58.7 Å². The largest absolute Gasteiger partial charge is 0.508 e.